The molecule has 1 aromatic carbocycles. The molecule has 0 aromatic heterocycles. The minimum atomic E-state index is 0.134. The van der Waals surface area contributed by atoms with E-state index in [9.17, 15) is 4.79 Å². The Hall–Kier alpha value is -1.35. The third-order valence-electron chi connectivity index (χ3n) is 3.97. The van der Waals surface area contributed by atoms with Gasteiger partial charge < -0.3 is 9.47 Å². The average molecular weight is 260 g/mol. The fourth-order valence-electron chi connectivity index (χ4n) is 2.87. The van der Waals surface area contributed by atoms with Gasteiger partial charge in [0.15, 0.2) is 0 Å². The Bertz CT molecular complexity index is 471. The number of hydrogen-bond donors (Lipinski definition) is 0. The average Bonchev–Trinajstić information content (AvgIpc) is 2.80. The van der Waals surface area contributed by atoms with E-state index in [4.69, 9.17) is 9.47 Å². The van der Waals surface area contributed by atoms with Crippen molar-refractivity contribution in [1.29, 1.82) is 0 Å². The molecular weight excluding hydrogens is 240 g/mol. The molecule has 19 heavy (non-hydrogen) atoms. The van der Waals surface area contributed by atoms with Crippen molar-refractivity contribution in [2.75, 3.05) is 6.61 Å². The number of aryl methyl sites for hydroxylation is 1. The zero-order valence-corrected chi connectivity index (χ0v) is 11.4. The number of Topliss-reactive ketones (excluding diaryl/α,β-unsaturated/α-hetero) is 1. The molecule has 1 heterocycles. The smallest absolute Gasteiger partial charge is 0.133 e. The van der Waals surface area contributed by atoms with Gasteiger partial charge in [-0.2, -0.15) is 0 Å². The second-order valence-corrected chi connectivity index (χ2v) is 5.63. The topological polar surface area (TPSA) is 35.5 Å². The van der Waals surface area contributed by atoms with E-state index in [1.165, 1.54) is 11.1 Å². The first-order valence-corrected chi connectivity index (χ1v) is 7.10. The molecule has 1 fully saturated rings. The molecule has 3 heteroatoms. The lowest BCUT2D eigenvalue weighted by Gasteiger charge is -2.23. The summed E-state index contributed by atoms with van der Waals surface area (Å²) in [6.45, 7) is 2.73. The summed E-state index contributed by atoms with van der Waals surface area (Å²) >= 11 is 0. The zero-order chi connectivity index (χ0) is 13.2. The van der Waals surface area contributed by atoms with E-state index in [1.54, 1.807) is 0 Å². The minimum absolute atomic E-state index is 0.134. The van der Waals surface area contributed by atoms with E-state index in [2.05, 4.69) is 19.1 Å². The molecule has 3 nitrogen and oxygen atoms in total. The first-order valence-electron chi connectivity index (χ1n) is 7.10. The maximum Gasteiger partial charge on any atom is 0.133 e. The van der Waals surface area contributed by atoms with E-state index in [1.807, 2.05) is 6.07 Å². The largest absolute Gasteiger partial charge is 0.487 e. The van der Waals surface area contributed by atoms with Crippen molar-refractivity contribution in [3.8, 4) is 5.75 Å². The normalized spacial score (nSPS) is 23.2. The van der Waals surface area contributed by atoms with Gasteiger partial charge in [-0.25, -0.2) is 0 Å². The summed E-state index contributed by atoms with van der Waals surface area (Å²) in [6.07, 6.45) is 4.41. The van der Waals surface area contributed by atoms with Crippen molar-refractivity contribution in [3.05, 3.63) is 29.3 Å². The van der Waals surface area contributed by atoms with Crippen LogP contribution in [0.5, 0.6) is 5.75 Å². The number of ether oxygens (including phenoxy) is 2. The summed E-state index contributed by atoms with van der Waals surface area (Å²) in [4.78, 5) is 11.2. The molecule has 3 rings (SSSR count). The molecule has 2 aliphatic rings. The van der Waals surface area contributed by atoms with Crippen LogP contribution in [0.4, 0.5) is 0 Å². The predicted molar refractivity (Wildman–Crippen MR) is 72.5 cm³/mol. The van der Waals surface area contributed by atoms with Gasteiger partial charge in [0.1, 0.15) is 17.6 Å². The lowest BCUT2D eigenvalue weighted by Crippen LogP contribution is -2.28. The van der Waals surface area contributed by atoms with Crippen LogP contribution in [0.1, 0.15) is 36.8 Å². The molecule has 102 valence electrons. The van der Waals surface area contributed by atoms with E-state index >= 15 is 0 Å². The van der Waals surface area contributed by atoms with Gasteiger partial charge in [0.05, 0.1) is 12.7 Å². The molecule has 0 bridgehead atoms. The highest BCUT2D eigenvalue weighted by Gasteiger charge is 2.25. The summed E-state index contributed by atoms with van der Waals surface area (Å²) < 4.78 is 11.8. The first-order chi connectivity index (χ1) is 9.20. The van der Waals surface area contributed by atoms with Gasteiger partial charge in [-0.05, 0) is 31.4 Å². The molecule has 0 radical (unpaired) electrons. The summed E-state index contributed by atoms with van der Waals surface area (Å²) in [5.74, 6) is 1.37. The number of fused-ring (bicyclic) bond motifs is 1. The van der Waals surface area contributed by atoms with E-state index in [-0.39, 0.29) is 12.2 Å². The fourth-order valence-corrected chi connectivity index (χ4v) is 2.87. The fraction of sp³-hybridized carbons (Fsp3) is 0.562. The van der Waals surface area contributed by atoms with Crippen LogP contribution in [0.25, 0.3) is 0 Å². The van der Waals surface area contributed by atoms with Crippen molar-refractivity contribution in [1.82, 2.24) is 0 Å². The van der Waals surface area contributed by atoms with Gasteiger partial charge in [0.2, 0.25) is 0 Å². The van der Waals surface area contributed by atoms with Crippen LogP contribution in [0, 0.1) is 6.92 Å². The van der Waals surface area contributed by atoms with Crippen LogP contribution in [0.15, 0.2) is 18.2 Å². The molecule has 0 spiro atoms. The maximum atomic E-state index is 11.2. The Kier molecular flexibility index (Phi) is 3.56. The van der Waals surface area contributed by atoms with Crippen LogP contribution in [-0.4, -0.2) is 24.6 Å². The van der Waals surface area contributed by atoms with Crippen LogP contribution in [0.3, 0.4) is 0 Å². The highest BCUT2D eigenvalue weighted by molar-refractivity contribution is 5.79. The van der Waals surface area contributed by atoms with Gasteiger partial charge in [0, 0.05) is 19.3 Å². The lowest BCUT2D eigenvalue weighted by molar-refractivity contribution is -0.123. The maximum absolute atomic E-state index is 11.2. The van der Waals surface area contributed by atoms with Crippen molar-refractivity contribution >= 4 is 5.78 Å². The SMILES string of the molecule is Cc1ccc2c(c1)CC(COC1CCC(=O)CC1)O2. The Morgan fingerprint density at radius 2 is 2.11 bits per heavy atom. The van der Waals surface area contributed by atoms with E-state index < -0.39 is 0 Å². The number of hydrogen-bond acceptors (Lipinski definition) is 3. The van der Waals surface area contributed by atoms with Crippen molar-refractivity contribution < 1.29 is 14.3 Å². The number of carbonyl (C=O) groups excluding carboxylic acids is 1. The number of benzene rings is 1. The third kappa shape index (κ3) is 2.98. The Morgan fingerprint density at radius 3 is 2.89 bits per heavy atom. The Balaban J connectivity index is 1.49. The second kappa shape index (κ2) is 5.33. The van der Waals surface area contributed by atoms with Crippen LogP contribution < -0.4 is 4.74 Å². The Labute approximate surface area is 113 Å². The van der Waals surface area contributed by atoms with Crippen molar-refractivity contribution in [3.63, 3.8) is 0 Å². The standard InChI is InChI=1S/C16H20O3/c1-11-2-7-16-12(8-11)9-15(19-16)10-18-14-5-3-13(17)4-6-14/h2,7-8,14-15H,3-6,9-10H2,1H3. The number of carbonyl (C=O) groups is 1. The highest BCUT2D eigenvalue weighted by Crippen LogP contribution is 2.30. The summed E-state index contributed by atoms with van der Waals surface area (Å²) in [7, 11) is 0. The third-order valence-corrected chi connectivity index (χ3v) is 3.97. The van der Waals surface area contributed by atoms with E-state index in [0.717, 1.165) is 25.0 Å². The second-order valence-electron chi connectivity index (χ2n) is 5.63. The van der Waals surface area contributed by atoms with Crippen molar-refractivity contribution in [2.45, 2.75) is 51.2 Å². The van der Waals surface area contributed by atoms with Crippen molar-refractivity contribution in [2.24, 2.45) is 0 Å². The lowest BCUT2D eigenvalue weighted by atomic mass is 9.96. The number of rotatable bonds is 3. The van der Waals surface area contributed by atoms with Gasteiger partial charge in [0.25, 0.3) is 0 Å². The summed E-state index contributed by atoms with van der Waals surface area (Å²) in [5, 5.41) is 0. The summed E-state index contributed by atoms with van der Waals surface area (Å²) in [6, 6.07) is 6.31. The molecule has 1 atom stereocenters. The van der Waals surface area contributed by atoms with Gasteiger partial charge in [-0.15, -0.1) is 0 Å². The molecule has 0 N–H and O–H groups in total. The highest BCUT2D eigenvalue weighted by atomic mass is 16.5. The van der Waals surface area contributed by atoms with Crippen LogP contribution in [0.2, 0.25) is 0 Å². The van der Waals surface area contributed by atoms with Crippen LogP contribution >= 0.6 is 0 Å². The van der Waals surface area contributed by atoms with E-state index in [0.29, 0.717) is 25.2 Å². The predicted octanol–water partition coefficient (Wildman–Crippen LogP) is 2.83. The molecule has 1 aliphatic carbocycles. The molecule has 1 saturated carbocycles. The summed E-state index contributed by atoms with van der Waals surface area (Å²) in [5.41, 5.74) is 2.56. The molecule has 0 amide bonds. The van der Waals surface area contributed by atoms with Gasteiger partial charge in [-0.3, -0.25) is 4.79 Å². The monoisotopic (exact) mass is 260 g/mol. The molecule has 1 aromatic rings. The molecule has 0 saturated heterocycles. The Morgan fingerprint density at radius 1 is 1.32 bits per heavy atom. The quantitative estimate of drug-likeness (QED) is 0.838. The number of ketones is 1. The molecular formula is C16H20O3. The van der Waals surface area contributed by atoms with Gasteiger partial charge >= 0.3 is 0 Å². The zero-order valence-electron chi connectivity index (χ0n) is 11.4. The van der Waals surface area contributed by atoms with Crippen LogP contribution in [-0.2, 0) is 16.0 Å². The molecule has 1 aliphatic heterocycles. The van der Waals surface area contributed by atoms with Gasteiger partial charge in [-0.1, -0.05) is 17.7 Å². The minimum Gasteiger partial charge on any atom is -0.487 e. The first kappa shape index (κ1) is 12.7. The molecule has 1 unspecified atom stereocenters.